The van der Waals surface area contributed by atoms with Crippen molar-refractivity contribution >= 4 is 0 Å². The second-order valence-electron chi connectivity index (χ2n) is 7.98. The van der Waals surface area contributed by atoms with E-state index in [2.05, 4.69) is 18.7 Å². The van der Waals surface area contributed by atoms with Crippen LogP contribution in [0.25, 0.3) is 0 Å². The van der Waals surface area contributed by atoms with Crippen LogP contribution >= 0.6 is 0 Å². The fourth-order valence-corrected chi connectivity index (χ4v) is 4.85. The average molecular weight is 331 g/mol. The van der Waals surface area contributed by atoms with Crippen molar-refractivity contribution in [3.8, 4) is 11.5 Å². The highest BCUT2D eigenvalue weighted by molar-refractivity contribution is 5.44. The summed E-state index contributed by atoms with van der Waals surface area (Å²) in [4.78, 5) is 2.67. The zero-order valence-corrected chi connectivity index (χ0v) is 14.8. The maximum absolute atomic E-state index is 10.8. The largest absolute Gasteiger partial charge is 0.486 e. The first-order valence-corrected chi connectivity index (χ1v) is 9.45. The van der Waals surface area contributed by atoms with Crippen LogP contribution in [0.2, 0.25) is 0 Å². The predicted octanol–water partition coefficient (Wildman–Crippen LogP) is 3.39. The van der Waals surface area contributed by atoms with Gasteiger partial charge in [-0.1, -0.05) is 19.9 Å². The number of piperidine rings is 1. The molecule has 0 saturated carbocycles. The Morgan fingerprint density at radius 3 is 2.50 bits per heavy atom. The maximum Gasteiger partial charge on any atom is 0.161 e. The Balaban J connectivity index is 1.44. The quantitative estimate of drug-likeness (QED) is 0.918. The van der Waals surface area contributed by atoms with Gasteiger partial charge in [0.2, 0.25) is 0 Å². The number of aliphatic hydroxyl groups excluding tert-OH is 1. The van der Waals surface area contributed by atoms with Crippen molar-refractivity contribution in [2.75, 3.05) is 19.8 Å². The third-order valence-electron chi connectivity index (χ3n) is 6.07. The van der Waals surface area contributed by atoms with Crippen molar-refractivity contribution in [1.29, 1.82) is 0 Å². The highest BCUT2D eigenvalue weighted by Crippen LogP contribution is 2.40. The first-order valence-electron chi connectivity index (χ1n) is 9.45. The highest BCUT2D eigenvalue weighted by atomic mass is 16.6. The van der Waals surface area contributed by atoms with E-state index in [1.807, 2.05) is 18.2 Å². The molecule has 4 atom stereocenters. The summed E-state index contributed by atoms with van der Waals surface area (Å²) < 4.78 is 11.2. The summed E-state index contributed by atoms with van der Waals surface area (Å²) >= 11 is 0. The van der Waals surface area contributed by atoms with Crippen LogP contribution in [-0.2, 0) is 0 Å². The number of ether oxygens (including phenoxy) is 2. The Morgan fingerprint density at radius 2 is 1.79 bits per heavy atom. The molecule has 0 spiro atoms. The summed E-state index contributed by atoms with van der Waals surface area (Å²) in [6.45, 7) is 6.71. The lowest BCUT2D eigenvalue weighted by Gasteiger charge is -2.40. The van der Waals surface area contributed by atoms with Gasteiger partial charge in [0.25, 0.3) is 0 Å². The van der Waals surface area contributed by atoms with Gasteiger partial charge < -0.3 is 14.6 Å². The first kappa shape index (κ1) is 16.2. The lowest BCUT2D eigenvalue weighted by atomic mass is 9.90. The number of fused-ring (bicyclic) bond motifs is 3. The van der Waals surface area contributed by atoms with Crippen LogP contribution in [-0.4, -0.2) is 41.8 Å². The maximum atomic E-state index is 10.8. The molecule has 3 heterocycles. The molecule has 1 N–H and O–H groups in total. The molecule has 1 aromatic carbocycles. The van der Waals surface area contributed by atoms with E-state index >= 15 is 0 Å². The van der Waals surface area contributed by atoms with Crippen molar-refractivity contribution in [2.24, 2.45) is 11.8 Å². The van der Waals surface area contributed by atoms with E-state index in [1.165, 1.54) is 25.7 Å². The van der Waals surface area contributed by atoms with Crippen LogP contribution in [0.5, 0.6) is 11.5 Å². The molecule has 24 heavy (non-hydrogen) atoms. The minimum atomic E-state index is -0.459. The third kappa shape index (κ3) is 3.02. The number of hydrogen-bond donors (Lipinski definition) is 1. The molecular formula is C20H29NO3. The van der Waals surface area contributed by atoms with Crippen molar-refractivity contribution in [2.45, 2.75) is 57.7 Å². The monoisotopic (exact) mass is 331 g/mol. The molecule has 0 amide bonds. The molecule has 0 aromatic heterocycles. The minimum absolute atomic E-state index is 0.212. The van der Waals surface area contributed by atoms with E-state index < -0.39 is 6.10 Å². The highest BCUT2D eigenvalue weighted by Gasteiger charge is 2.40. The summed E-state index contributed by atoms with van der Waals surface area (Å²) in [7, 11) is 0. The summed E-state index contributed by atoms with van der Waals surface area (Å²) in [5.74, 6) is 2.62. The Hall–Kier alpha value is -1.26. The summed E-state index contributed by atoms with van der Waals surface area (Å²) in [5, 5.41) is 10.8. The van der Waals surface area contributed by atoms with Gasteiger partial charge in [-0.25, -0.2) is 0 Å². The van der Waals surface area contributed by atoms with E-state index in [0.717, 1.165) is 41.6 Å². The van der Waals surface area contributed by atoms with Gasteiger partial charge in [-0.2, -0.15) is 0 Å². The lowest BCUT2D eigenvalue weighted by molar-refractivity contribution is 0.0449. The number of nitrogens with zero attached hydrogens (tertiary/aromatic N) is 1. The Bertz CT molecular complexity index is 576. The number of aliphatic hydroxyl groups is 1. The van der Waals surface area contributed by atoms with E-state index in [1.54, 1.807) is 0 Å². The van der Waals surface area contributed by atoms with Gasteiger partial charge in [0, 0.05) is 18.6 Å². The van der Waals surface area contributed by atoms with Crippen LogP contribution in [0, 0.1) is 11.8 Å². The van der Waals surface area contributed by atoms with Crippen LogP contribution in [0.3, 0.4) is 0 Å². The van der Waals surface area contributed by atoms with E-state index in [0.29, 0.717) is 13.2 Å². The average Bonchev–Trinajstić information content (AvgIpc) is 2.83. The van der Waals surface area contributed by atoms with Gasteiger partial charge in [-0.3, -0.25) is 4.90 Å². The van der Waals surface area contributed by atoms with E-state index in [-0.39, 0.29) is 5.92 Å². The number of benzene rings is 1. The standard InChI is InChI=1S/C20H29NO3/c1-13-9-16-4-5-17(10-13)21(16)12-14(2)20(22)15-3-6-18-19(11-15)24-8-7-23-18/h3,6,11,13-14,16-17,20,22H,4-5,7-10,12H2,1-2H3/t13?,14-,16?,17?,20+/m1/s1. The molecule has 2 fully saturated rings. The van der Waals surface area contributed by atoms with Gasteiger partial charge in [0.15, 0.2) is 11.5 Å². The topological polar surface area (TPSA) is 41.9 Å². The van der Waals surface area contributed by atoms with Crippen molar-refractivity contribution in [3.05, 3.63) is 23.8 Å². The molecule has 0 aliphatic carbocycles. The van der Waals surface area contributed by atoms with Crippen molar-refractivity contribution < 1.29 is 14.6 Å². The minimum Gasteiger partial charge on any atom is -0.486 e. The SMILES string of the molecule is CC1CC2CCC(C1)N2C[C@@H](C)[C@H](O)c1ccc2c(c1)OCCO2. The smallest absolute Gasteiger partial charge is 0.161 e. The second kappa shape index (κ2) is 6.57. The van der Waals surface area contributed by atoms with Crippen LogP contribution in [0.4, 0.5) is 0 Å². The molecule has 3 aliphatic heterocycles. The normalized spacial score (nSPS) is 31.7. The van der Waals surface area contributed by atoms with Crippen LogP contribution < -0.4 is 9.47 Å². The van der Waals surface area contributed by atoms with Gasteiger partial charge in [-0.05, 0) is 55.2 Å². The molecule has 1 aromatic rings. The third-order valence-corrected chi connectivity index (χ3v) is 6.07. The number of hydrogen-bond acceptors (Lipinski definition) is 4. The van der Waals surface area contributed by atoms with Crippen LogP contribution in [0.1, 0.15) is 51.2 Å². The van der Waals surface area contributed by atoms with Crippen LogP contribution in [0.15, 0.2) is 18.2 Å². The van der Waals surface area contributed by atoms with Gasteiger partial charge in [0.05, 0.1) is 6.10 Å². The second-order valence-corrected chi connectivity index (χ2v) is 7.98. The summed E-state index contributed by atoms with van der Waals surface area (Å²) in [5.41, 5.74) is 0.935. The fourth-order valence-electron chi connectivity index (χ4n) is 4.85. The Kier molecular flexibility index (Phi) is 4.44. The van der Waals surface area contributed by atoms with Gasteiger partial charge in [-0.15, -0.1) is 0 Å². The zero-order chi connectivity index (χ0) is 16.7. The van der Waals surface area contributed by atoms with Crippen molar-refractivity contribution in [1.82, 2.24) is 4.90 Å². The molecule has 0 radical (unpaired) electrons. The first-order chi connectivity index (χ1) is 11.6. The summed E-state index contributed by atoms with van der Waals surface area (Å²) in [6, 6.07) is 7.30. The molecule has 4 nitrogen and oxygen atoms in total. The molecule has 2 saturated heterocycles. The Labute approximate surface area is 144 Å². The number of rotatable bonds is 4. The van der Waals surface area contributed by atoms with Gasteiger partial charge in [0.1, 0.15) is 13.2 Å². The zero-order valence-electron chi connectivity index (χ0n) is 14.8. The van der Waals surface area contributed by atoms with Gasteiger partial charge >= 0.3 is 0 Å². The summed E-state index contributed by atoms with van der Waals surface area (Å²) in [6.07, 6.45) is 4.86. The molecule has 132 valence electrons. The van der Waals surface area contributed by atoms with E-state index in [4.69, 9.17) is 9.47 Å². The predicted molar refractivity (Wildman–Crippen MR) is 93.5 cm³/mol. The lowest BCUT2D eigenvalue weighted by Crippen LogP contribution is -2.45. The molecule has 2 unspecified atom stereocenters. The molecule has 4 heteroatoms. The van der Waals surface area contributed by atoms with E-state index in [9.17, 15) is 5.11 Å². The molecular weight excluding hydrogens is 302 g/mol. The van der Waals surface area contributed by atoms with Crippen molar-refractivity contribution in [3.63, 3.8) is 0 Å². The fraction of sp³-hybridized carbons (Fsp3) is 0.700. The Morgan fingerprint density at radius 1 is 1.12 bits per heavy atom. The molecule has 2 bridgehead atoms. The molecule has 3 aliphatic rings. The molecule has 4 rings (SSSR count).